The van der Waals surface area contributed by atoms with E-state index < -0.39 is 12.1 Å². The average molecular weight is 694 g/mol. The summed E-state index contributed by atoms with van der Waals surface area (Å²) in [7, 11) is 0. The first kappa shape index (κ1) is 47.6. The number of nitrogens with one attached hydrogen (secondary N) is 1. The molecule has 0 radical (unpaired) electrons. The van der Waals surface area contributed by atoms with Gasteiger partial charge in [0.15, 0.2) is 0 Å². The van der Waals surface area contributed by atoms with Crippen LogP contribution in [0.3, 0.4) is 0 Å². The van der Waals surface area contributed by atoms with E-state index in [1.807, 2.05) is 6.08 Å². The number of carbonyl (C=O) groups is 2. The number of esters is 1. The van der Waals surface area contributed by atoms with Crippen LogP contribution >= 0.6 is 0 Å². The summed E-state index contributed by atoms with van der Waals surface area (Å²) in [5, 5.41) is 22.8. The summed E-state index contributed by atoms with van der Waals surface area (Å²) in [5.41, 5.74) is 0. The van der Waals surface area contributed by atoms with E-state index in [2.05, 4.69) is 19.2 Å². The second kappa shape index (κ2) is 39.4. The van der Waals surface area contributed by atoms with E-state index in [0.717, 1.165) is 57.8 Å². The fourth-order valence-corrected chi connectivity index (χ4v) is 6.45. The maximum atomic E-state index is 12.3. The fourth-order valence-electron chi connectivity index (χ4n) is 6.45. The Morgan fingerprint density at radius 3 is 1.39 bits per heavy atom. The van der Waals surface area contributed by atoms with E-state index in [4.69, 9.17) is 4.74 Å². The Hall–Kier alpha value is -1.40. The lowest BCUT2D eigenvalue weighted by Gasteiger charge is -2.20. The number of carbonyl (C=O) groups excluding carboxylic acids is 2. The zero-order valence-electron chi connectivity index (χ0n) is 32.7. The van der Waals surface area contributed by atoms with Crippen LogP contribution in [0.2, 0.25) is 0 Å². The zero-order chi connectivity index (χ0) is 35.9. The minimum absolute atomic E-state index is 0.0159. The van der Waals surface area contributed by atoms with E-state index in [1.54, 1.807) is 6.08 Å². The van der Waals surface area contributed by atoms with Gasteiger partial charge in [-0.2, -0.15) is 0 Å². The van der Waals surface area contributed by atoms with Gasteiger partial charge in [0, 0.05) is 12.8 Å². The Kier molecular flexibility index (Phi) is 38.3. The van der Waals surface area contributed by atoms with Crippen LogP contribution in [-0.2, 0) is 14.3 Å². The van der Waals surface area contributed by atoms with Crippen molar-refractivity contribution in [2.24, 2.45) is 0 Å². The molecule has 0 aromatic carbocycles. The molecule has 0 heterocycles. The number of hydrogen-bond acceptors (Lipinski definition) is 5. The smallest absolute Gasteiger partial charge is 0.305 e. The Bertz CT molecular complexity index is 727. The van der Waals surface area contributed by atoms with Gasteiger partial charge >= 0.3 is 5.97 Å². The number of aliphatic hydroxyl groups excluding tert-OH is 2. The number of aliphatic hydroxyl groups is 2. The lowest BCUT2D eigenvalue weighted by molar-refractivity contribution is -0.143. The highest BCUT2D eigenvalue weighted by Crippen LogP contribution is 2.15. The number of amides is 1. The van der Waals surface area contributed by atoms with E-state index >= 15 is 0 Å². The molecule has 6 nitrogen and oxygen atoms in total. The molecule has 0 saturated heterocycles. The topological polar surface area (TPSA) is 95.9 Å². The quantitative estimate of drug-likeness (QED) is 0.0338. The van der Waals surface area contributed by atoms with Crippen molar-refractivity contribution in [3.8, 4) is 0 Å². The van der Waals surface area contributed by atoms with Crippen molar-refractivity contribution < 1.29 is 24.5 Å². The van der Waals surface area contributed by atoms with E-state index in [1.165, 1.54) is 141 Å². The average Bonchev–Trinajstić information content (AvgIpc) is 3.10. The third-order valence-electron chi connectivity index (χ3n) is 9.81. The molecule has 3 N–H and O–H groups in total. The molecular formula is C43H83NO5. The standard InChI is InChI=1S/C43H83NO5/c1-3-5-7-9-11-13-14-17-21-25-29-33-37-43(48)49-38-34-30-26-22-18-15-16-20-24-28-32-36-42(47)44-40(39-45)41(46)35-31-27-23-19-12-10-8-6-4-2/h31,35,40-41,45-46H,3-30,32-34,36-39H2,1-2H3,(H,44,47)/b35-31+. The third-order valence-corrected chi connectivity index (χ3v) is 9.81. The highest BCUT2D eigenvalue weighted by molar-refractivity contribution is 5.76. The second-order valence-corrected chi connectivity index (χ2v) is 14.7. The summed E-state index contributed by atoms with van der Waals surface area (Å²) >= 11 is 0. The molecule has 0 saturated carbocycles. The molecule has 2 atom stereocenters. The maximum absolute atomic E-state index is 12.3. The molecule has 0 fully saturated rings. The van der Waals surface area contributed by atoms with Gasteiger partial charge in [-0.05, 0) is 32.1 Å². The van der Waals surface area contributed by atoms with Crippen molar-refractivity contribution in [2.45, 2.75) is 238 Å². The van der Waals surface area contributed by atoms with Crippen molar-refractivity contribution in [3.05, 3.63) is 12.2 Å². The molecular weight excluding hydrogens is 610 g/mol. The first-order chi connectivity index (χ1) is 24.0. The summed E-state index contributed by atoms with van der Waals surface area (Å²) in [6.45, 7) is 4.82. The summed E-state index contributed by atoms with van der Waals surface area (Å²) in [5.74, 6) is -0.106. The molecule has 0 aliphatic heterocycles. The first-order valence-corrected chi connectivity index (χ1v) is 21.5. The minimum atomic E-state index is -0.852. The molecule has 0 aromatic heterocycles. The molecule has 0 aliphatic rings. The lowest BCUT2D eigenvalue weighted by Crippen LogP contribution is -2.45. The lowest BCUT2D eigenvalue weighted by atomic mass is 10.0. The highest BCUT2D eigenvalue weighted by atomic mass is 16.5. The molecule has 0 spiro atoms. The highest BCUT2D eigenvalue weighted by Gasteiger charge is 2.18. The number of unbranched alkanes of at least 4 members (excludes halogenated alkanes) is 28. The van der Waals surface area contributed by atoms with Crippen molar-refractivity contribution in [1.29, 1.82) is 0 Å². The molecule has 290 valence electrons. The summed E-state index contributed by atoms with van der Waals surface area (Å²) < 4.78 is 5.43. The summed E-state index contributed by atoms with van der Waals surface area (Å²) in [6, 6.07) is -0.637. The molecule has 0 bridgehead atoms. The van der Waals surface area contributed by atoms with Crippen LogP contribution in [0.1, 0.15) is 226 Å². The second-order valence-electron chi connectivity index (χ2n) is 14.7. The number of ether oxygens (including phenoxy) is 1. The Morgan fingerprint density at radius 1 is 0.551 bits per heavy atom. The number of rotatable bonds is 39. The molecule has 0 rings (SSSR count). The van der Waals surface area contributed by atoms with Crippen molar-refractivity contribution in [2.75, 3.05) is 13.2 Å². The van der Waals surface area contributed by atoms with Gasteiger partial charge in [0.2, 0.25) is 5.91 Å². The number of hydrogen-bond donors (Lipinski definition) is 3. The molecule has 49 heavy (non-hydrogen) atoms. The predicted octanol–water partition coefficient (Wildman–Crippen LogP) is 11.8. The van der Waals surface area contributed by atoms with Gasteiger partial charge in [-0.3, -0.25) is 9.59 Å². The van der Waals surface area contributed by atoms with Crippen molar-refractivity contribution in [3.63, 3.8) is 0 Å². The fraction of sp³-hybridized carbons (Fsp3) is 0.907. The third kappa shape index (κ3) is 36.2. The van der Waals surface area contributed by atoms with Gasteiger partial charge in [0.1, 0.15) is 0 Å². The normalized spacial score (nSPS) is 12.8. The van der Waals surface area contributed by atoms with Gasteiger partial charge in [-0.25, -0.2) is 0 Å². The SMILES string of the molecule is CCCCCCCCC/C=C/C(O)C(CO)NC(=O)CCCCCCCCCCCCCOC(=O)CCCCCCCCCCCCCC. The Balaban J connectivity index is 3.49. The van der Waals surface area contributed by atoms with E-state index in [9.17, 15) is 19.8 Å². The van der Waals surface area contributed by atoms with Crippen LogP contribution < -0.4 is 5.32 Å². The van der Waals surface area contributed by atoms with Gasteiger partial charge in [0.05, 0.1) is 25.4 Å². The van der Waals surface area contributed by atoms with Crippen molar-refractivity contribution in [1.82, 2.24) is 5.32 Å². The zero-order valence-corrected chi connectivity index (χ0v) is 32.7. The van der Waals surface area contributed by atoms with Gasteiger partial charge in [-0.15, -0.1) is 0 Å². The van der Waals surface area contributed by atoms with Crippen molar-refractivity contribution >= 4 is 11.9 Å². The molecule has 0 aromatic rings. The first-order valence-electron chi connectivity index (χ1n) is 21.5. The maximum Gasteiger partial charge on any atom is 0.305 e. The van der Waals surface area contributed by atoms with Crippen LogP contribution in [0, 0.1) is 0 Å². The van der Waals surface area contributed by atoms with Crippen LogP contribution in [0.25, 0.3) is 0 Å². The molecule has 0 aliphatic carbocycles. The minimum Gasteiger partial charge on any atom is -0.466 e. The summed E-state index contributed by atoms with van der Waals surface area (Å²) in [6.07, 6.45) is 41.9. The van der Waals surface area contributed by atoms with Gasteiger partial charge in [0.25, 0.3) is 0 Å². The van der Waals surface area contributed by atoms with Crippen LogP contribution in [-0.4, -0.2) is 47.4 Å². The molecule has 1 amide bonds. The molecule has 6 heteroatoms. The van der Waals surface area contributed by atoms with Gasteiger partial charge < -0.3 is 20.3 Å². The predicted molar refractivity (Wildman–Crippen MR) is 209 cm³/mol. The van der Waals surface area contributed by atoms with E-state index in [-0.39, 0.29) is 18.5 Å². The van der Waals surface area contributed by atoms with Gasteiger partial charge in [-0.1, -0.05) is 193 Å². The van der Waals surface area contributed by atoms with Crippen LogP contribution in [0.15, 0.2) is 12.2 Å². The van der Waals surface area contributed by atoms with E-state index in [0.29, 0.717) is 19.4 Å². The van der Waals surface area contributed by atoms with Crippen LogP contribution in [0.5, 0.6) is 0 Å². The summed E-state index contributed by atoms with van der Waals surface area (Å²) in [4.78, 5) is 24.3. The van der Waals surface area contributed by atoms with Crippen LogP contribution in [0.4, 0.5) is 0 Å². The Labute approximate surface area is 304 Å². The largest absolute Gasteiger partial charge is 0.466 e. The monoisotopic (exact) mass is 694 g/mol. The molecule has 2 unspecified atom stereocenters. The Morgan fingerprint density at radius 2 is 0.939 bits per heavy atom. The number of allylic oxidation sites excluding steroid dienone is 1.